The molecular weight excluding hydrogens is 1210 g/mol. The Hall–Kier alpha value is -9.94. The first-order valence-corrected chi connectivity index (χ1v) is 35.7. The fraction of sp³-hybridized carbons (Fsp3) is 0.226. The minimum absolute atomic E-state index is 0.00819. The van der Waals surface area contributed by atoms with E-state index in [0.29, 0.717) is 0 Å². The summed E-state index contributed by atoms with van der Waals surface area (Å²) in [6.45, 7) is 34.5. The molecule has 1 unspecified atom stereocenters. The minimum Gasteiger partial charge on any atom is -0.455 e. The maximum absolute atomic E-state index is 7.75. The molecule has 1 atom stereocenters. The lowest BCUT2D eigenvalue weighted by Gasteiger charge is -2.37. The van der Waals surface area contributed by atoms with E-state index in [4.69, 9.17) is 4.42 Å². The fourth-order valence-electron chi connectivity index (χ4n) is 15.1. The van der Waals surface area contributed by atoms with Crippen LogP contribution in [0.5, 0.6) is 0 Å². The van der Waals surface area contributed by atoms with Crippen molar-refractivity contribution < 1.29 is 4.42 Å². The normalized spacial score (nSPS) is 14.3. The number of nitrogens with zero attached hydrogens (tertiary/aromatic N) is 3. The molecule has 0 bridgehead atoms. The van der Waals surface area contributed by atoms with Crippen LogP contribution in [-0.4, -0.2) is 0 Å². The average molecular weight is 1300 g/mol. The number of hydrogen-bond acceptors (Lipinski definition) is 5. The molecule has 5 heteroatoms. The number of rotatable bonds is 11. The van der Waals surface area contributed by atoms with Gasteiger partial charge in [-0.25, -0.2) is 0 Å². The third-order valence-corrected chi connectivity index (χ3v) is 21.7. The van der Waals surface area contributed by atoms with Crippen molar-refractivity contribution in [2.24, 2.45) is 0 Å². The van der Waals surface area contributed by atoms with E-state index in [1.54, 1.807) is 0 Å². The molecular formula is C93H89N3OS. The molecule has 4 nitrogen and oxygen atoms in total. The highest BCUT2D eigenvalue weighted by Crippen LogP contribution is 2.65. The highest BCUT2D eigenvalue weighted by molar-refractivity contribution is 7.26. The number of para-hydroxylation sites is 3. The van der Waals surface area contributed by atoms with Gasteiger partial charge in [-0.3, -0.25) is 0 Å². The first-order valence-electron chi connectivity index (χ1n) is 34.9. The highest BCUT2D eigenvalue weighted by Gasteiger charge is 2.51. The maximum atomic E-state index is 7.75. The summed E-state index contributed by atoms with van der Waals surface area (Å²) in [6.07, 6.45) is 0. The van der Waals surface area contributed by atoms with Gasteiger partial charge in [0.15, 0.2) is 0 Å². The van der Waals surface area contributed by atoms with E-state index in [0.717, 1.165) is 89.8 Å². The molecule has 0 saturated carbocycles. The molecule has 1 aliphatic carbocycles. The molecule has 98 heavy (non-hydrogen) atoms. The summed E-state index contributed by atoms with van der Waals surface area (Å²) < 4.78 is 10.2. The summed E-state index contributed by atoms with van der Waals surface area (Å²) in [5.41, 5.74) is 23.6. The van der Waals surface area contributed by atoms with Crippen molar-refractivity contribution in [3.05, 3.63) is 317 Å². The predicted molar refractivity (Wildman–Crippen MR) is 421 cm³/mol. The van der Waals surface area contributed by atoms with E-state index in [1.807, 2.05) is 11.3 Å². The Morgan fingerprint density at radius 1 is 0.296 bits per heavy atom. The lowest BCUT2D eigenvalue weighted by molar-refractivity contribution is 0.589. The van der Waals surface area contributed by atoms with Gasteiger partial charge in [0.25, 0.3) is 0 Å². The van der Waals surface area contributed by atoms with Crippen LogP contribution in [0.25, 0.3) is 53.2 Å². The summed E-state index contributed by atoms with van der Waals surface area (Å²) in [4.78, 5) is 7.45. The molecule has 12 aromatic carbocycles. The van der Waals surface area contributed by atoms with Gasteiger partial charge in [0.05, 0.1) is 22.2 Å². The van der Waals surface area contributed by atoms with Crippen molar-refractivity contribution in [3.8, 4) is 11.1 Å². The molecule has 0 N–H and O–H groups in total. The molecule has 1 aliphatic rings. The third kappa shape index (κ3) is 11.0. The molecule has 14 aromatic rings. The van der Waals surface area contributed by atoms with Crippen molar-refractivity contribution in [2.45, 2.75) is 136 Å². The SMILES string of the molecule is CC(C)(C)c1ccc(N(c2ccc(C(C)(C)C)cc2)c2ccc(C3(c4ccc(C(C)(C)C)cc4)c4cc(N(c5ccccc5)c5ccc(C(C)(C)C)cc5)c5c(oc6ccccc65)c4-c4c3cc(N(c3ccccc3)c3ccc(C(C)(C)C)cc3)c3c4sc4ccccc43)cc2)cc1. The molecule has 0 radical (unpaired) electrons. The van der Waals surface area contributed by atoms with E-state index in [-0.39, 0.29) is 27.1 Å². The molecule has 0 spiro atoms. The molecule has 0 saturated heterocycles. The highest BCUT2D eigenvalue weighted by atomic mass is 32.1. The van der Waals surface area contributed by atoms with Gasteiger partial charge in [-0.1, -0.05) is 262 Å². The Balaban J connectivity index is 1.11. The van der Waals surface area contributed by atoms with Crippen LogP contribution >= 0.6 is 11.3 Å². The number of benzene rings is 12. The fourth-order valence-corrected chi connectivity index (χ4v) is 16.4. The molecule has 15 rings (SSSR count). The Kier molecular flexibility index (Phi) is 15.5. The first kappa shape index (κ1) is 64.1. The Morgan fingerprint density at radius 3 is 1.03 bits per heavy atom. The molecule has 2 aromatic heterocycles. The van der Waals surface area contributed by atoms with E-state index < -0.39 is 5.41 Å². The third-order valence-electron chi connectivity index (χ3n) is 20.5. The average Bonchev–Trinajstić information content (AvgIpc) is 1.50. The van der Waals surface area contributed by atoms with Crippen molar-refractivity contribution in [1.29, 1.82) is 0 Å². The summed E-state index contributed by atoms with van der Waals surface area (Å²) in [5, 5.41) is 4.55. The van der Waals surface area contributed by atoms with Crippen LogP contribution in [0, 0.1) is 0 Å². The molecule has 2 heterocycles. The van der Waals surface area contributed by atoms with Crippen LogP contribution in [0.4, 0.5) is 51.2 Å². The van der Waals surface area contributed by atoms with Gasteiger partial charge in [0, 0.05) is 76.5 Å². The first-order chi connectivity index (χ1) is 46.8. The van der Waals surface area contributed by atoms with E-state index in [2.05, 4.69) is 385 Å². The second-order valence-corrected chi connectivity index (χ2v) is 33.3. The Bertz CT molecular complexity index is 5000. The second kappa shape index (κ2) is 23.7. The van der Waals surface area contributed by atoms with Crippen molar-refractivity contribution in [2.75, 3.05) is 14.7 Å². The van der Waals surface area contributed by atoms with Crippen LogP contribution in [-0.2, 0) is 32.5 Å². The topological polar surface area (TPSA) is 22.9 Å². The zero-order valence-corrected chi connectivity index (χ0v) is 60.4. The van der Waals surface area contributed by atoms with E-state index in [1.165, 1.54) is 64.7 Å². The molecule has 488 valence electrons. The minimum atomic E-state index is -0.981. The van der Waals surface area contributed by atoms with Gasteiger partial charge in [0.2, 0.25) is 0 Å². The van der Waals surface area contributed by atoms with Gasteiger partial charge in [-0.15, -0.1) is 11.3 Å². The van der Waals surface area contributed by atoms with Crippen LogP contribution in [0.1, 0.15) is 154 Å². The largest absolute Gasteiger partial charge is 0.455 e. The van der Waals surface area contributed by atoms with Gasteiger partial charge in [-0.2, -0.15) is 0 Å². The molecule has 0 amide bonds. The second-order valence-electron chi connectivity index (χ2n) is 32.2. The monoisotopic (exact) mass is 1300 g/mol. The number of fused-ring (bicyclic) bond motifs is 11. The van der Waals surface area contributed by atoms with Gasteiger partial charge in [-0.05, 0) is 186 Å². The van der Waals surface area contributed by atoms with Gasteiger partial charge < -0.3 is 19.1 Å². The van der Waals surface area contributed by atoms with Crippen LogP contribution < -0.4 is 14.7 Å². The van der Waals surface area contributed by atoms with Crippen LogP contribution in [0.3, 0.4) is 0 Å². The van der Waals surface area contributed by atoms with Gasteiger partial charge in [0.1, 0.15) is 11.2 Å². The standard InChI is InChI=1S/C93H89N3OS/c1-88(2,3)60-34-36-65(37-35-60)93(66-46-56-71(57-47-66)94(69-48-38-61(39-49-69)89(4,5)6)70-50-40-62(41-51-70)90(7,8)9)76-58-78(95(67-26-18-16-19-27-67)72-52-42-63(43-53-72)91(10,11)12)82-74-30-22-24-32-80(74)97-86(82)84(76)85-77(93)59-79(83-75-31-23-25-33-81(75)98-87(83)85)96(68-28-20-17-21-29-68)73-54-44-64(45-55-73)92(13,14)15/h16-59H,1-15H3. The van der Waals surface area contributed by atoms with E-state index in [9.17, 15) is 0 Å². The number of anilines is 9. The lowest BCUT2D eigenvalue weighted by Crippen LogP contribution is -2.29. The van der Waals surface area contributed by atoms with Crippen LogP contribution in [0.15, 0.2) is 271 Å². The van der Waals surface area contributed by atoms with Crippen molar-refractivity contribution in [3.63, 3.8) is 0 Å². The number of furan rings is 1. The smallest absolute Gasteiger partial charge is 0.145 e. The van der Waals surface area contributed by atoms with Gasteiger partial charge >= 0.3 is 0 Å². The van der Waals surface area contributed by atoms with Crippen molar-refractivity contribution in [1.82, 2.24) is 0 Å². The van der Waals surface area contributed by atoms with E-state index >= 15 is 0 Å². The number of hydrogen-bond donors (Lipinski definition) is 0. The van der Waals surface area contributed by atoms with Crippen LogP contribution in [0.2, 0.25) is 0 Å². The summed E-state index contributed by atoms with van der Waals surface area (Å²) in [6, 6.07) is 101. The van der Waals surface area contributed by atoms with Crippen molar-refractivity contribution >= 4 is 105 Å². The zero-order chi connectivity index (χ0) is 68.4. The summed E-state index contributed by atoms with van der Waals surface area (Å²) in [7, 11) is 0. The number of thiophene rings is 1. The predicted octanol–water partition coefficient (Wildman–Crippen LogP) is 27.2. The maximum Gasteiger partial charge on any atom is 0.145 e. The molecule has 0 aliphatic heterocycles. The lowest BCUT2D eigenvalue weighted by atomic mass is 9.67. The summed E-state index contributed by atoms with van der Waals surface area (Å²) >= 11 is 1.90. The zero-order valence-electron chi connectivity index (χ0n) is 59.6. The Labute approximate surface area is 584 Å². The summed E-state index contributed by atoms with van der Waals surface area (Å²) in [5.74, 6) is 0. The quantitative estimate of drug-likeness (QED) is 0.129. The molecule has 0 fully saturated rings. The Morgan fingerprint density at radius 2 is 0.612 bits per heavy atom.